The van der Waals surface area contributed by atoms with Gasteiger partial charge in [-0.2, -0.15) is 0 Å². The second-order valence-electron chi connectivity index (χ2n) is 10.8. The zero-order valence-electron chi connectivity index (χ0n) is 24.4. The van der Waals surface area contributed by atoms with E-state index in [-0.39, 0.29) is 22.4 Å². The number of nitro groups is 1. The minimum atomic E-state index is -0.875. The van der Waals surface area contributed by atoms with E-state index in [1.807, 2.05) is 42.5 Å². The molecule has 0 unspecified atom stereocenters. The van der Waals surface area contributed by atoms with Crippen LogP contribution in [0.25, 0.3) is 11.4 Å². The average molecular weight is 604 g/mol. The Bertz CT molecular complexity index is 1950. The van der Waals surface area contributed by atoms with E-state index in [4.69, 9.17) is 4.74 Å². The number of para-hydroxylation sites is 2. The van der Waals surface area contributed by atoms with E-state index in [0.717, 1.165) is 0 Å². The van der Waals surface area contributed by atoms with Crippen LogP contribution in [0.15, 0.2) is 119 Å². The molecule has 1 aliphatic carbocycles. The van der Waals surface area contributed by atoms with Gasteiger partial charge in [0.1, 0.15) is 6.10 Å². The van der Waals surface area contributed by atoms with Crippen molar-refractivity contribution in [1.29, 1.82) is 0 Å². The Hall–Kier alpha value is -5.97. The van der Waals surface area contributed by atoms with Gasteiger partial charge in [0.05, 0.1) is 21.9 Å². The number of non-ortho nitro benzene ring substituents is 1. The minimum Gasteiger partial charge on any atom is -0.454 e. The molecule has 2 aromatic heterocycles. The Balaban J connectivity index is 1.48. The van der Waals surface area contributed by atoms with Crippen molar-refractivity contribution in [2.45, 2.75) is 25.9 Å². The maximum absolute atomic E-state index is 14.2. The largest absolute Gasteiger partial charge is 0.454 e. The molecule has 45 heavy (non-hydrogen) atoms. The van der Waals surface area contributed by atoms with E-state index in [2.05, 4.69) is 10.2 Å². The van der Waals surface area contributed by atoms with Crippen LogP contribution in [0, 0.1) is 29.9 Å². The number of aromatic amines is 2. The third-order valence-electron chi connectivity index (χ3n) is 7.95. The van der Waals surface area contributed by atoms with Crippen LogP contribution in [0.5, 0.6) is 0 Å². The van der Waals surface area contributed by atoms with E-state index >= 15 is 0 Å². The third kappa shape index (κ3) is 5.47. The molecule has 11 heteroatoms. The summed E-state index contributed by atoms with van der Waals surface area (Å²) >= 11 is 0. The van der Waals surface area contributed by atoms with Crippen LogP contribution in [0.2, 0.25) is 0 Å². The van der Waals surface area contributed by atoms with Gasteiger partial charge in [0, 0.05) is 46.5 Å². The first-order valence-electron chi connectivity index (χ1n) is 14.3. The molecule has 0 saturated heterocycles. The van der Waals surface area contributed by atoms with Crippen molar-refractivity contribution in [2.75, 3.05) is 0 Å². The van der Waals surface area contributed by atoms with Gasteiger partial charge in [-0.25, -0.2) is 14.2 Å². The quantitative estimate of drug-likeness (QED) is 0.140. The Labute approximate surface area is 256 Å². The van der Waals surface area contributed by atoms with E-state index in [1.165, 1.54) is 33.6 Å². The third-order valence-corrected chi connectivity index (χ3v) is 7.95. The maximum Gasteiger partial charge on any atom is 0.338 e. The van der Waals surface area contributed by atoms with Crippen molar-refractivity contribution >= 4 is 11.7 Å². The first-order chi connectivity index (χ1) is 21.7. The molecule has 11 nitrogen and oxygen atoms in total. The lowest BCUT2D eigenvalue weighted by Crippen LogP contribution is -2.35. The summed E-state index contributed by atoms with van der Waals surface area (Å²) in [4.78, 5) is 52.2. The molecule has 2 heterocycles. The summed E-state index contributed by atoms with van der Waals surface area (Å²) in [5.74, 6) is -2.18. The number of carbonyl (C=O) groups excluding carboxylic acids is 1. The topological polar surface area (TPSA) is 145 Å². The molecule has 0 aliphatic heterocycles. The van der Waals surface area contributed by atoms with Crippen molar-refractivity contribution in [1.82, 2.24) is 19.6 Å². The van der Waals surface area contributed by atoms with Gasteiger partial charge < -0.3 is 4.74 Å². The molecular weight excluding hydrogens is 574 g/mol. The summed E-state index contributed by atoms with van der Waals surface area (Å²) in [6.07, 6.45) is 6.19. The number of aryl methyl sites for hydroxylation is 2. The molecule has 0 bridgehead atoms. The number of hydrogen-bond acceptors (Lipinski definition) is 6. The molecule has 0 saturated carbocycles. The molecule has 0 radical (unpaired) electrons. The lowest BCUT2D eigenvalue weighted by Gasteiger charge is -2.30. The number of H-pyrrole nitrogens is 2. The maximum atomic E-state index is 14.2. The van der Waals surface area contributed by atoms with Crippen LogP contribution in [0.3, 0.4) is 0 Å². The van der Waals surface area contributed by atoms with Gasteiger partial charge in [0.25, 0.3) is 16.8 Å². The Morgan fingerprint density at radius 2 is 1.27 bits per heavy atom. The highest BCUT2D eigenvalue weighted by molar-refractivity contribution is 5.89. The number of carbonyl (C=O) groups is 1. The number of aromatic nitrogens is 4. The first-order valence-corrected chi connectivity index (χ1v) is 14.3. The second kappa shape index (κ2) is 12.0. The smallest absolute Gasteiger partial charge is 0.338 e. The fourth-order valence-electron chi connectivity index (χ4n) is 5.83. The number of nitro benzene ring substituents is 1. The highest BCUT2D eigenvalue weighted by atomic mass is 16.6. The zero-order valence-corrected chi connectivity index (χ0v) is 24.4. The zero-order chi connectivity index (χ0) is 31.7. The highest BCUT2D eigenvalue weighted by Gasteiger charge is 2.39. The summed E-state index contributed by atoms with van der Waals surface area (Å²) in [5.41, 5.74) is 2.40. The number of nitrogens with zero attached hydrogens (tertiary/aromatic N) is 3. The minimum absolute atomic E-state index is 0.132. The lowest BCUT2D eigenvalue weighted by molar-refractivity contribution is -0.384. The van der Waals surface area contributed by atoms with E-state index < -0.39 is 28.8 Å². The Morgan fingerprint density at radius 3 is 1.76 bits per heavy atom. The molecule has 2 N–H and O–H groups in total. The van der Waals surface area contributed by atoms with Crippen LogP contribution in [0.4, 0.5) is 5.69 Å². The predicted molar refractivity (Wildman–Crippen MR) is 168 cm³/mol. The van der Waals surface area contributed by atoms with Crippen molar-refractivity contribution in [3.8, 4) is 11.4 Å². The summed E-state index contributed by atoms with van der Waals surface area (Å²) in [6.45, 7) is 3.56. The van der Waals surface area contributed by atoms with Crippen LogP contribution in [0.1, 0.15) is 38.8 Å². The fraction of sp³-hybridized carbons (Fsp3) is 0.147. The first kappa shape index (κ1) is 29.1. The monoisotopic (exact) mass is 603 g/mol. The molecule has 226 valence electrons. The molecular formula is C34H29N5O6. The summed E-state index contributed by atoms with van der Waals surface area (Å²) in [5, 5.41) is 17.4. The number of esters is 1. The van der Waals surface area contributed by atoms with Gasteiger partial charge in [-0.05, 0) is 56.3 Å². The lowest BCUT2D eigenvalue weighted by atomic mass is 9.76. The molecule has 6 rings (SSSR count). The molecule has 1 aliphatic rings. The van der Waals surface area contributed by atoms with Crippen molar-refractivity contribution in [3.05, 3.63) is 168 Å². The average Bonchev–Trinajstić information content (AvgIpc) is 3.52. The van der Waals surface area contributed by atoms with E-state index in [1.54, 1.807) is 56.3 Å². The molecule has 0 fully saturated rings. The molecule has 0 amide bonds. The normalized spacial score (nSPS) is 15.8. The fourth-order valence-corrected chi connectivity index (χ4v) is 5.83. The van der Waals surface area contributed by atoms with Crippen LogP contribution in [-0.2, 0) is 4.74 Å². The Kier molecular flexibility index (Phi) is 7.74. The van der Waals surface area contributed by atoms with Gasteiger partial charge in [-0.1, -0.05) is 54.6 Å². The van der Waals surface area contributed by atoms with Crippen molar-refractivity contribution < 1.29 is 14.5 Å². The number of hydrogen-bond donors (Lipinski definition) is 2. The number of allylic oxidation sites excluding steroid dienone is 2. The van der Waals surface area contributed by atoms with Gasteiger partial charge in [-0.3, -0.25) is 29.9 Å². The Morgan fingerprint density at radius 1 is 0.778 bits per heavy atom. The van der Waals surface area contributed by atoms with Gasteiger partial charge in [0.2, 0.25) is 0 Å². The number of nitrogens with one attached hydrogen (secondary N) is 2. The van der Waals surface area contributed by atoms with E-state index in [9.17, 15) is 24.5 Å². The van der Waals surface area contributed by atoms with Crippen molar-refractivity contribution in [2.24, 2.45) is 5.92 Å². The van der Waals surface area contributed by atoms with E-state index in [0.29, 0.717) is 33.9 Å². The number of ether oxygens (including phenoxy) is 1. The summed E-state index contributed by atoms with van der Waals surface area (Å²) in [6, 6.07) is 23.4. The van der Waals surface area contributed by atoms with Gasteiger partial charge in [-0.15, -0.1) is 0 Å². The van der Waals surface area contributed by atoms with Gasteiger partial charge in [0.15, 0.2) is 0 Å². The standard InChI is InChI=1S/C34H29N5O6/c1-21-29(32(40)37(35-21)24-11-5-3-6-12-24)31(30-22(2)36-38(33(30)41)25-13-7-4-8-14-25)27-15-9-10-16-28(27)45-34(42)23-17-19-26(20-18-23)39(43)44/h3-20,27-28,31,35-36H,1-2H3/t27-,28+/m1/s1. The van der Waals surface area contributed by atoms with Crippen LogP contribution < -0.4 is 11.1 Å². The van der Waals surface area contributed by atoms with Crippen LogP contribution >= 0.6 is 0 Å². The van der Waals surface area contributed by atoms with Gasteiger partial charge >= 0.3 is 5.97 Å². The molecule has 3 aromatic carbocycles. The molecule has 5 aromatic rings. The summed E-state index contributed by atoms with van der Waals surface area (Å²) in [7, 11) is 0. The van der Waals surface area contributed by atoms with Crippen LogP contribution in [-0.4, -0.2) is 36.6 Å². The second-order valence-corrected chi connectivity index (χ2v) is 10.8. The SMILES string of the molecule is Cc1[nH]n(-c2ccccc2)c(=O)c1C(c1c(C)[nH]n(-c2ccccc2)c1=O)[C@@H]1C=CC=C[C@@H]1OC(=O)c1ccc([N+](=O)[O-])cc1. The molecule has 0 spiro atoms. The summed E-state index contributed by atoms with van der Waals surface area (Å²) < 4.78 is 8.85. The molecule has 2 atom stereocenters. The predicted octanol–water partition coefficient (Wildman–Crippen LogP) is 5.27. The number of rotatable bonds is 8. The highest BCUT2D eigenvalue weighted by Crippen LogP contribution is 2.38. The van der Waals surface area contributed by atoms with Crippen molar-refractivity contribution in [3.63, 3.8) is 0 Å². The number of benzene rings is 3.